The first kappa shape index (κ1) is 94.7. The van der Waals surface area contributed by atoms with Crippen LogP contribution in [0.2, 0.25) is 0 Å². The topological polar surface area (TPSA) is 132 Å². The monoisotopic (exact) mass is 2180 g/mol. The molecule has 1 aliphatic carbocycles. The Hall–Kier alpha value is -16.2. The van der Waals surface area contributed by atoms with Gasteiger partial charge in [-0.3, -0.25) is 9.55 Å². The molecule has 27 rings (SSSR count). The second-order valence-electron chi connectivity index (χ2n) is 35.0. The molecule has 0 bridgehead atoms. The van der Waals surface area contributed by atoms with Crippen molar-refractivity contribution in [2.75, 3.05) is 0 Å². The Labute approximate surface area is 862 Å². The maximum absolute atomic E-state index is 11.1. The fraction of sp³-hybridized carbons (Fsp3) is 0.0388. The van der Waals surface area contributed by atoms with Crippen LogP contribution in [0.5, 0.6) is 5.75 Å². The number of furan rings is 2. The number of pyridine rings is 5. The number of fused-ring (bicyclic) bond motifs is 15. The number of aromatic nitrogens is 7. The van der Waals surface area contributed by atoms with Crippen LogP contribution in [0.25, 0.3) is 216 Å². The number of aryl methyl sites for hydroxylation is 2. The molecule has 0 aliphatic heterocycles. The van der Waals surface area contributed by atoms with Crippen LogP contribution in [0.3, 0.4) is 0 Å². The molecule has 26 aromatic rings. The smallest absolute Gasteiger partial charge is 0.871 e. The first-order valence-corrected chi connectivity index (χ1v) is 46.5. The van der Waals surface area contributed by atoms with Crippen LogP contribution in [0.1, 0.15) is 36.1 Å². The number of nitrogens with zero attached hydrogens (tertiary/aromatic N) is 7. The molecule has 680 valence electrons. The molecule has 142 heavy (non-hydrogen) atoms. The summed E-state index contributed by atoms with van der Waals surface area (Å²) in [4.78, 5) is 26.5. The number of hydrogen-bond acceptors (Lipinski definition) is 9. The fourth-order valence-electron chi connectivity index (χ4n) is 19.2. The Morgan fingerprint density at radius 3 is 1.35 bits per heavy atom. The van der Waals surface area contributed by atoms with E-state index >= 15 is 0 Å². The third-order valence-electron chi connectivity index (χ3n) is 26.0. The van der Waals surface area contributed by atoms with Gasteiger partial charge in [0.15, 0.2) is 0 Å². The third-order valence-corrected chi connectivity index (χ3v) is 26.0. The first-order valence-electron chi connectivity index (χ1n) is 46.5. The molecule has 13 heteroatoms. The Balaban J connectivity index is 0.000000121. The van der Waals surface area contributed by atoms with Gasteiger partial charge in [0.2, 0.25) is 0 Å². The summed E-state index contributed by atoms with van der Waals surface area (Å²) in [6, 6.07) is 162. The molecule has 0 unspecified atom stereocenters. The van der Waals surface area contributed by atoms with Gasteiger partial charge in [0.1, 0.15) is 17.0 Å². The van der Waals surface area contributed by atoms with Crippen molar-refractivity contribution < 1.29 is 73.0 Å². The Morgan fingerprint density at radius 1 is 0.303 bits per heavy atom. The van der Waals surface area contributed by atoms with Crippen LogP contribution in [-0.4, -0.2) is 34.5 Å². The van der Waals surface area contributed by atoms with Crippen LogP contribution < -0.4 is 24.0 Å². The van der Waals surface area contributed by atoms with E-state index in [1.807, 2.05) is 146 Å². The van der Waals surface area contributed by atoms with Crippen LogP contribution >= 0.6 is 0 Å². The molecule has 0 saturated heterocycles. The molecule has 10 nitrogen and oxygen atoms in total. The van der Waals surface area contributed by atoms with E-state index in [9.17, 15) is 5.11 Å². The molecule has 8 heterocycles. The summed E-state index contributed by atoms with van der Waals surface area (Å²) >= 11 is 0. The minimum Gasteiger partial charge on any atom is -0.871 e. The molecule has 0 saturated carbocycles. The van der Waals surface area contributed by atoms with Crippen LogP contribution in [0.15, 0.2) is 471 Å². The second kappa shape index (κ2) is 42.2. The van der Waals surface area contributed by atoms with E-state index in [0.29, 0.717) is 5.52 Å². The van der Waals surface area contributed by atoms with Gasteiger partial charge in [-0.05, 0) is 219 Å². The summed E-state index contributed by atoms with van der Waals surface area (Å²) in [6.07, 6.45) is 8.82. The van der Waals surface area contributed by atoms with Gasteiger partial charge < -0.3 is 33.9 Å². The number of para-hydroxylation sites is 6. The summed E-state index contributed by atoms with van der Waals surface area (Å²) in [5, 5.41) is 26.5. The van der Waals surface area contributed by atoms with Gasteiger partial charge in [0.25, 0.3) is 0 Å². The number of benzene rings is 18. The van der Waals surface area contributed by atoms with Gasteiger partial charge in [-0.2, -0.15) is 0 Å². The van der Waals surface area contributed by atoms with Gasteiger partial charge in [-0.15, -0.1) is 102 Å². The quantitative estimate of drug-likeness (QED) is 0.0787. The molecule has 0 N–H and O–H groups in total. The van der Waals surface area contributed by atoms with E-state index < -0.39 is 0 Å². The van der Waals surface area contributed by atoms with E-state index in [1.54, 1.807) is 30.9 Å². The largest absolute Gasteiger partial charge is 1.00 e. The normalized spacial score (nSPS) is 11.4. The molecule has 0 atom stereocenters. The number of hydrogen-bond donors (Lipinski definition) is 0. The van der Waals surface area contributed by atoms with Crippen molar-refractivity contribution in [1.29, 1.82) is 0 Å². The van der Waals surface area contributed by atoms with Crippen molar-refractivity contribution in [2.24, 2.45) is 0 Å². The van der Waals surface area contributed by atoms with Crippen molar-refractivity contribution in [3.63, 3.8) is 0 Å². The maximum Gasteiger partial charge on any atom is 1.00 e. The summed E-state index contributed by atoms with van der Waals surface area (Å²) in [5.74, 6) is 0.922. The number of imidazole rings is 1. The molecule has 0 spiro atoms. The molecule has 0 amide bonds. The SMILES string of the molecule is CC1(C)c2c[c-]c(-c3ccccn3)cc2-c2ccccc21.Cc1cccc2c1oc1c(-c3ccccn3)[c-]ccc12.Cc1cccc2c1oc1c(-c3ccccn3)[c-]ccc12.[Ir].[Ir].[Li+].[O-]c1cccc2cccnc12.[c-]1ccccc1-c1ccccn1.c1ccc(-n2c(-c3ccc(-c4ccc5c(-c6ccc7ccccc7c6)c6ccccc6c(-c6ccc7ccccc7c6)c5c4)cc3)nc3ccccc32)cc1. The second-order valence-corrected chi connectivity index (χ2v) is 35.0. The van der Waals surface area contributed by atoms with Crippen LogP contribution in [0, 0.1) is 38.1 Å². The van der Waals surface area contributed by atoms with Crippen molar-refractivity contribution in [2.45, 2.75) is 33.1 Å². The van der Waals surface area contributed by atoms with E-state index in [2.05, 4.69) is 361 Å². The average molecular weight is 2180 g/mol. The van der Waals surface area contributed by atoms with Gasteiger partial charge in [-0.1, -0.05) is 344 Å². The Bertz CT molecular complexity index is 8820. The molecule has 8 aromatic heterocycles. The fourth-order valence-corrected chi connectivity index (χ4v) is 19.2. The summed E-state index contributed by atoms with van der Waals surface area (Å²) in [6.45, 7) is 8.70. The molecule has 2 radical (unpaired) electrons. The minimum absolute atomic E-state index is 0. The van der Waals surface area contributed by atoms with Crippen molar-refractivity contribution in [3.05, 3.63) is 508 Å². The Kier molecular flexibility index (Phi) is 28.2. The van der Waals surface area contributed by atoms with E-state index in [1.165, 1.54) is 99.2 Å². The third kappa shape index (κ3) is 19.0. The Morgan fingerprint density at radius 2 is 0.768 bits per heavy atom. The minimum atomic E-state index is -0.0110. The standard InChI is InChI=1S/C53H34N2.C20H16N.2C18H12NO.C11H8N.C9H7NO.2Ir.Li/c1-2-16-44(17-3-1)55-50-21-11-10-20-49(50)54-53(55)38-26-22-37(23-27-38)41-30-31-47-48(34-41)52(43-29-25-36-13-5-7-15-40(36)33-43)46-19-9-8-18-45(46)51(47)42-28-24-35-12-4-6-14-39(35)32-42;1-20(2)17-8-4-3-7-15(17)16-13-14(10-11-18(16)20)19-9-5-6-12-21-19;2*1-12-6-4-7-13-14-8-5-9-15(18(14)20-17(12)13)16-10-2-3-11-19-16;1-2-6-10(7-3-1)11-8-4-5-9-12-11;11-8-5-1-3-7-4-2-6-10-9(7)8;;;/h1-34H;3-9,11-13H,1-2H3;2*2-8,10-11H,1H3;1-6,8-9H;1-6,11H;;;/q;4*-1;;;;+1/p-1. The van der Waals surface area contributed by atoms with E-state index in [-0.39, 0.29) is 70.2 Å². The molecular weight excluding hydrogens is 2090 g/mol. The van der Waals surface area contributed by atoms with Crippen molar-refractivity contribution in [1.82, 2.24) is 34.5 Å². The molecule has 1 aliphatic rings. The average Bonchev–Trinajstić information content (AvgIpc) is 1.49. The first-order chi connectivity index (χ1) is 68.5. The number of rotatable bonds is 9. The molecule has 0 fully saturated rings. The molecule has 18 aromatic carbocycles. The van der Waals surface area contributed by atoms with Crippen LogP contribution in [-0.2, 0) is 45.6 Å². The zero-order valence-electron chi connectivity index (χ0n) is 78.4. The predicted octanol–water partition coefficient (Wildman–Crippen LogP) is 29.5. The zero-order chi connectivity index (χ0) is 93.7. The van der Waals surface area contributed by atoms with Gasteiger partial charge in [0.05, 0.1) is 27.7 Å². The zero-order valence-corrected chi connectivity index (χ0v) is 83.2. The predicted molar refractivity (Wildman–Crippen MR) is 570 cm³/mol. The van der Waals surface area contributed by atoms with Crippen molar-refractivity contribution >= 4 is 109 Å². The van der Waals surface area contributed by atoms with E-state index in [0.717, 1.165) is 139 Å². The van der Waals surface area contributed by atoms with Gasteiger partial charge in [0, 0.05) is 93.2 Å². The summed E-state index contributed by atoms with van der Waals surface area (Å²) in [7, 11) is 0. The van der Waals surface area contributed by atoms with Crippen molar-refractivity contribution in [3.8, 4) is 112 Å². The van der Waals surface area contributed by atoms with Gasteiger partial charge >= 0.3 is 18.9 Å². The van der Waals surface area contributed by atoms with Crippen LogP contribution in [0.4, 0.5) is 0 Å². The van der Waals surface area contributed by atoms with E-state index in [4.69, 9.17) is 13.8 Å². The summed E-state index contributed by atoms with van der Waals surface area (Å²) < 4.78 is 14.5. The maximum atomic E-state index is 11.1. The van der Waals surface area contributed by atoms with Gasteiger partial charge in [-0.25, -0.2) is 4.98 Å². The molecular formula is C129H88Ir2LiN7O3-4. The summed E-state index contributed by atoms with van der Waals surface area (Å²) in [5.41, 5.74) is 31.1.